The second-order valence-electron chi connectivity index (χ2n) is 5.18. The van der Waals surface area contributed by atoms with Crippen molar-refractivity contribution in [3.05, 3.63) is 35.6 Å². The van der Waals surface area contributed by atoms with Crippen LogP contribution in [0.2, 0.25) is 0 Å². The van der Waals surface area contributed by atoms with Crippen molar-refractivity contribution >= 4 is 5.91 Å². The zero-order valence-corrected chi connectivity index (χ0v) is 10.9. The molecule has 0 aliphatic heterocycles. The molecule has 0 spiro atoms. The second kappa shape index (κ2) is 6.66. The predicted molar refractivity (Wildman–Crippen MR) is 71.3 cm³/mol. The summed E-state index contributed by atoms with van der Waals surface area (Å²) in [6, 6.07) is 5.40. The number of carbonyl (C=O) groups is 1. The van der Waals surface area contributed by atoms with Gasteiger partial charge in [-0.15, -0.1) is 0 Å². The maximum absolute atomic E-state index is 12.7. The molecule has 3 nitrogen and oxygen atoms in total. The van der Waals surface area contributed by atoms with Gasteiger partial charge in [0.15, 0.2) is 0 Å². The Hall–Kier alpha value is -1.42. The summed E-state index contributed by atoms with van der Waals surface area (Å²) in [6.07, 6.45) is 5.15. The number of halogens is 1. The van der Waals surface area contributed by atoms with Crippen LogP contribution < -0.4 is 5.32 Å². The third kappa shape index (κ3) is 4.03. The highest BCUT2D eigenvalue weighted by atomic mass is 19.1. The van der Waals surface area contributed by atoms with Crippen LogP contribution >= 0.6 is 0 Å². The average Bonchev–Trinajstić information content (AvgIpc) is 2.46. The van der Waals surface area contributed by atoms with Gasteiger partial charge in [-0.05, 0) is 43.0 Å². The van der Waals surface area contributed by atoms with Crippen LogP contribution in [0.4, 0.5) is 4.39 Å². The first-order valence-corrected chi connectivity index (χ1v) is 6.88. The van der Waals surface area contributed by atoms with Crippen LogP contribution in [-0.4, -0.2) is 23.7 Å². The minimum Gasteiger partial charge on any atom is -0.391 e. The fourth-order valence-electron chi connectivity index (χ4n) is 2.59. The number of aliphatic hydroxyl groups is 1. The molecule has 0 bridgehead atoms. The lowest BCUT2D eigenvalue weighted by molar-refractivity contribution is 0.0738. The van der Waals surface area contributed by atoms with Crippen molar-refractivity contribution in [2.45, 2.75) is 38.2 Å². The maximum atomic E-state index is 12.7. The minimum absolute atomic E-state index is 0.265. The SMILES string of the molecule is O=C(NCC(O)C1CCCCC1)c1ccc(F)cc1. The van der Waals surface area contributed by atoms with Crippen molar-refractivity contribution in [2.24, 2.45) is 5.92 Å². The number of rotatable bonds is 4. The lowest BCUT2D eigenvalue weighted by Crippen LogP contribution is -2.37. The van der Waals surface area contributed by atoms with Crippen LogP contribution in [0.15, 0.2) is 24.3 Å². The van der Waals surface area contributed by atoms with E-state index in [9.17, 15) is 14.3 Å². The first-order chi connectivity index (χ1) is 9.16. The Labute approximate surface area is 112 Å². The van der Waals surface area contributed by atoms with Gasteiger partial charge >= 0.3 is 0 Å². The van der Waals surface area contributed by atoms with Crippen LogP contribution in [0.5, 0.6) is 0 Å². The van der Waals surface area contributed by atoms with Gasteiger partial charge in [0, 0.05) is 12.1 Å². The highest BCUT2D eigenvalue weighted by Gasteiger charge is 2.22. The zero-order valence-electron chi connectivity index (χ0n) is 10.9. The zero-order chi connectivity index (χ0) is 13.7. The number of benzene rings is 1. The Morgan fingerprint density at radius 1 is 1.26 bits per heavy atom. The third-order valence-electron chi connectivity index (χ3n) is 3.77. The van der Waals surface area contributed by atoms with Crippen LogP contribution in [0, 0.1) is 11.7 Å². The standard InChI is InChI=1S/C15H20FNO2/c16-13-8-6-12(7-9-13)15(19)17-10-14(18)11-4-2-1-3-5-11/h6-9,11,14,18H,1-5,10H2,(H,17,19). The fraction of sp³-hybridized carbons (Fsp3) is 0.533. The van der Waals surface area contributed by atoms with Crippen LogP contribution in [0.25, 0.3) is 0 Å². The summed E-state index contributed by atoms with van der Waals surface area (Å²) in [5.41, 5.74) is 0.414. The monoisotopic (exact) mass is 265 g/mol. The quantitative estimate of drug-likeness (QED) is 0.878. The van der Waals surface area contributed by atoms with Crippen molar-refractivity contribution in [2.75, 3.05) is 6.54 Å². The molecule has 19 heavy (non-hydrogen) atoms. The molecule has 0 aromatic heterocycles. The normalized spacial score (nSPS) is 18.0. The average molecular weight is 265 g/mol. The van der Waals surface area contributed by atoms with Crippen molar-refractivity contribution in [3.63, 3.8) is 0 Å². The Balaban J connectivity index is 1.81. The van der Waals surface area contributed by atoms with Gasteiger partial charge in [-0.2, -0.15) is 0 Å². The van der Waals surface area contributed by atoms with Crippen LogP contribution in [0.1, 0.15) is 42.5 Å². The van der Waals surface area contributed by atoms with E-state index in [1.165, 1.54) is 30.7 Å². The molecule has 2 rings (SSSR count). The molecule has 1 aromatic rings. The van der Waals surface area contributed by atoms with E-state index in [-0.39, 0.29) is 18.3 Å². The Bertz CT molecular complexity index is 413. The highest BCUT2D eigenvalue weighted by molar-refractivity contribution is 5.94. The summed E-state index contributed by atoms with van der Waals surface area (Å²) in [7, 11) is 0. The van der Waals surface area contributed by atoms with Crippen molar-refractivity contribution in [1.29, 1.82) is 0 Å². The molecule has 0 heterocycles. The van der Waals surface area contributed by atoms with E-state index in [2.05, 4.69) is 5.32 Å². The van der Waals surface area contributed by atoms with Crippen molar-refractivity contribution in [3.8, 4) is 0 Å². The molecule has 0 radical (unpaired) electrons. The molecule has 1 aliphatic rings. The molecule has 1 saturated carbocycles. The van der Waals surface area contributed by atoms with E-state index in [1.54, 1.807) is 0 Å². The molecule has 1 aromatic carbocycles. The van der Waals surface area contributed by atoms with Crippen molar-refractivity contribution in [1.82, 2.24) is 5.32 Å². The molecule has 1 fully saturated rings. The van der Waals surface area contributed by atoms with E-state index in [0.29, 0.717) is 11.5 Å². The molecular formula is C15H20FNO2. The van der Waals surface area contributed by atoms with Gasteiger partial charge in [-0.3, -0.25) is 4.79 Å². The van der Waals surface area contributed by atoms with Crippen LogP contribution in [-0.2, 0) is 0 Å². The molecular weight excluding hydrogens is 245 g/mol. The van der Waals surface area contributed by atoms with E-state index >= 15 is 0 Å². The molecule has 1 atom stereocenters. The summed E-state index contributed by atoms with van der Waals surface area (Å²) < 4.78 is 12.7. The molecule has 104 valence electrons. The van der Waals surface area contributed by atoms with Crippen LogP contribution in [0.3, 0.4) is 0 Å². The number of hydrogen-bond donors (Lipinski definition) is 2. The maximum Gasteiger partial charge on any atom is 0.251 e. The topological polar surface area (TPSA) is 49.3 Å². The summed E-state index contributed by atoms with van der Waals surface area (Å²) in [4.78, 5) is 11.8. The van der Waals surface area contributed by atoms with E-state index < -0.39 is 6.10 Å². The molecule has 1 unspecified atom stereocenters. The fourth-order valence-corrected chi connectivity index (χ4v) is 2.59. The predicted octanol–water partition coefficient (Wildman–Crippen LogP) is 2.50. The first-order valence-electron chi connectivity index (χ1n) is 6.88. The Morgan fingerprint density at radius 3 is 2.53 bits per heavy atom. The van der Waals surface area contributed by atoms with Gasteiger partial charge in [0.1, 0.15) is 5.82 Å². The summed E-state index contributed by atoms with van der Waals surface area (Å²) in [5.74, 6) is -0.337. The molecule has 1 aliphatic carbocycles. The summed E-state index contributed by atoms with van der Waals surface area (Å²) >= 11 is 0. The van der Waals surface area contributed by atoms with Gasteiger partial charge in [0.2, 0.25) is 0 Å². The Morgan fingerprint density at radius 2 is 1.89 bits per heavy atom. The molecule has 0 saturated heterocycles. The van der Waals surface area contributed by atoms with E-state index in [4.69, 9.17) is 0 Å². The molecule has 4 heteroatoms. The van der Waals surface area contributed by atoms with E-state index in [1.807, 2.05) is 0 Å². The first kappa shape index (κ1) is 14.0. The lowest BCUT2D eigenvalue weighted by Gasteiger charge is -2.26. The summed E-state index contributed by atoms with van der Waals surface area (Å²) in [6.45, 7) is 0.265. The largest absolute Gasteiger partial charge is 0.391 e. The highest BCUT2D eigenvalue weighted by Crippen LogP contribution is 2.26. The summed E-state index contributed by atoms with van der Waals surface area (Å²) in [5, 5.41) is 12.7. The van der Waals surface area contributed by atoms with Gasteiger partial charge < -0.3 is 10.4 Å². The number of hydrogen-bond acceptors (Lipinski definition) is 2. The number of amides is 1. The minimum atomic E-state index is -0.482. The number of aliphatic hydroxyl groups excluding tert-OH is 1. The smallest absolute Gasteiger partial charge is 0.251 e. The molecule has 2 N–H and O–H groups in total. The van der Waals surface area contributed by atoms with Gasteiger partial charge in [0.05, 0.1) is 6.10 Å². The number of carbonyl (C=O) groups excluding carboxylic acids is 1. The third-order valence-corrected chi connectivity index (χ3v) is 3.77. The van der Waals surface area contributed by atoms with Gasteiger partial charge in [-0.25, -0.2) is 4.39 Å². The van der Waals surface area contributed by atoms with Crippen molar-refractivity contribution < 1.29 is 14.3 Å². The number of nitrogens with one attached hydrogen (secondary N) is 1. The molecule has 1 amide bonds. The second-order valence-corrected chi connectivity index (χ2v) is 5.18. The lowest BCUT2D eigenvalue weighted by atomic mass is 9.85. The van der Waals surface area contributed by atoms with E-state index in [0.717, 1.165) is 25.7 Å². The van der Waals surface area contributed by atoms with Gasteiger partial charge in [-0.1, -0.05) is 19.3 Å². The van der Waals surface area contributed by atoms with Gasteiger partial charge in [0.25, 0.3) is 5.91 Å². The Kier molecular flexibility index (Phi) is 4.91.